The van der Waals surface area contributed by atoms with Gasteiger partial charge < -0.3 is 15.1 Å². The first kappa shape index (κ1) is 15.0. The van der Waals surface area contributed by atoms with E-state index in [0.29, 0.717) is 16.1 Å². The molecule has 23 heavy (non-hydrogen) atoms. The number of anilines is 1. The maximum atomic E-state index is 12.5. The summed E-state index contributed by atoms with van der Waals surface area (Å²) in [4.78, 5) is 29.9. The number of carbonyl (C=O) groups excluding carboxylic acids is 2. The van der Waals surface area contributed by atoms with Crippen molar-refractivity contribution in [1.29, 1.82) is 0 Å². The molecule has 0 radical (unpaired) electrons. The van der Waals surface area contributed by atoms with Gasteiger partial charge in [-0.2, -0.15) is 0 Å². The van der Waals surface area contributed by atoms with Crippen LogP contribution in [0.15, 0.2) is 53.5 Å². The highest BCUT2D eigenvalue weighted by Gasteiger charge is 2.17. The molecule has 3 rings (SSSR count). The maximum Gasteiger partial charge on any atom is 0.269 e. The van der Waals surface area contributed by atoms with Gasteiger partial charge in [0.15, 0.2) is 0 Å². The first-order chi connectivity index (χ1) is 11.1. The Balaban J connectivity index is 1.81. The Morgan fingerprint density at radius 3 is 2.57 bits per heavy atom. The second-order valence-electron chi connectivity index (χ2n) is 4.82. The Morgan fingerprint density at radius 2 is 1.96 bits per heavy atom. The number of nitrogens with zero attached hydrogens (tertiary/aromatic N) is 2. The molecule has 116 valence electrons. The summed E-state index contributed by atoms with van der Waals surface area (Å²) in [6, 6.07) is 8.32. The van der Waals surface area contributed by atoms with Gasteiger partial charge in [-0.25, -0.2) is 4.98 Å². The van der Waals surface area contributed by atoms with Crippen molar-refractivity contribution in [2.75, 3.05) is 11.9 Å². The number of nitrogens with two attached hydrogens (primary N) is 1. The van der Waals surface area contributed by atoms with Crippen molar-refractivity contribution in [3.05, 3.63) is 59.5 Å². The minimum atomic E-state index is -0.502. The third-order valence-electron chi connectivity index (χ3n) is 3.33. The molecule has 2 aromatic heterocycles. The van der Waals surface area contributed by atoms with Gasteiger partial charge in [-0.3, -0.25) is 9.59 Å². The molecule has 1 aromatic carbocycles. The highest BCUT2D eigenvalue weighted by Crippen LogP contribution is 2.27. The lowest BCUT2D eigenvalue weighted by Gasteiger charge is -2.16. The summed E-state index contributed by atoms with van der Waals surface area (Å²) in [6.45, 7) is 0. The molecular weight excluding hydrogens is 314 g/mol. The number of hydrogen-bond donors (Lipinski definition) is 1. The number of amides is 2. The van der Waals surface area contributed by atoms with Crippen molar-refractivity contribution >= 4 is 28.8 Å². The van der Waals surface area contributed by atoms with Crippen molar-refractivity contribution in [2.45, 2.75) is 0 Å². The van der Waals surface area contributed by atoms with Crippen LogP contribution >= 0.6 is 11.3 Å². The molecule has 0 unspecified atom stereocenters. The van der Waals surface area contributed by atoms with Crippen LogP contribution < -0.4 is 10.6 Å². The molecule has 2 heterocycles. The van der Waals surface area contributed by atoms with E-state index in [1.807, 2.05) is 0 Å². The van der Waals surface area contributed by atoms with Gasteiger partial charge in [-0.15, -0.1) is 11.3 Å². The second-order valence-corrected chi connectivity index (χ2v) is 5.85. The van der Waals surface area contributed by atoms with E-state index in [2.05, 4.69) is 4.98 Å². The highest BCUT2D eigenvalue weighted by atomic mass is 32.1. The molecule has 0 aliphatic rings. The van der Waals surface area contributed by atoms with Crippen LogP contribution in [0.25, 0.3) is 10.6 Å². The molecule has 6 nitrogen and oxygen atoms in total. The summed E-state index contributed by atoms with van der Waals surface area (Å²) in [5, 5.41) is 0.722. The average molecular weight is 327 g/mol. The SMILES string of the molecule is CN(C(=O)c1cnc(-c2ccoc2)s1)c1ccc(C(N)=O)cc1. The lowest BCUT2D eigenvalue weighted by Crippen LogP contribution is -2.25. The quantitative estimate of drug-likeness (QED) is 0.798. The molecule has 0 aliphatic heterocycles. The predicted molar refractivity (Wildman–Crippen MR) is 87.5 cm³/mol. The molecule has 0 saturated heterocycles. The van der Waals surface area contributed by atoms with Crippen molar-refractivity contribution in [3.8, 4) is 10.6 Å². The van der Waals surface area contributed by atoms with E-state index in [1.54, 1.807) is 56.1 Å². The molecule has 0 fully saturated rings. The van der Waals surface area contributed by atoms with Crippen LogP contribution in [0, 0.1) is 0 Å². The van der Waals surface area contributed by atoms with Crippen LogP contribution in [-0.4, -0.2) is 23.8 Å². The number of furan rings is 1. The van der Waals surface area contributed by atoms with E-state index in [9.17, 15) is 9.59 Å². The molecule has 0 atom stereocenters. The van der Waals surface area contributed by atoms with Gasteiger partial charge in [0.05, 0.1) is 12.5 Å². The average Bonchev–Trinajstić information content (AvgIpc) is 3.24. The van der Waals surface area contributed by atoms with Crippen LogP contribution in [-0.2, 0) is 0 Å². The Labute approximate surface area is 136 Å². The van der Waals surface area contributed by atoms with Gasteiger partial charge >= 0.3 is 0 Å². The largest absolute Gasteiger partial charge is 0.472 e. The Kier molecular flexibility index (Phi) is 3.94. The number of aromatic nitrogens is 1. The second kappa shape index (κ2) is 6.05. The monoisotopic (exact) mass is 327 g/mol. The zero-order chi connectivity index (χ0) is 16.4. The zero-order valence-corrected chi connectivity index (χ0v) is 13.0. The summed E-state index contributed by atoms with van der Waals surface area (Å²) in [5.74, 6) is -0.679. The van der Waals surface area contributed by atoms with E-state index in [-0.39, 0.29) is 5.91 Å². The Morgan fingerprint density at radius 1 is 1.22 bits per heavy atom. The number of thiazole rings is 1. The number of primary amides is 1. The van der Waals surface area contributed by atoms with Crippen LogP contribution in [0.1, 0.15) is 20.0 Å². The van der Waals surface area contributed by atoms with E-state index in [1.165, 1.54) is 16.2 Å². The first-order valence-corrected chi connectivity index (χ1v) is 7.54. The summed E-state index contributed by atoms with van der Waals surface area (Å²) in [6.07, 6.45) is 4.69. The molecule has 0 aliphatic carbocycles. The van der Waals surface area contributed by atoms with Gasteiger partial charge in [-0.1, -0.05) is 0 Å². The van der Waals surface area contributed by atoms with Crippen molar-refractivity contribution in [1.82, 2.24) is 4.98 Å². The fourth-order valence-electron chi connectivity index (χ4n) is 2.02. The normalized spacial score (nSPS) is 10.5. The topological polar surface area (TPSA) is 89.4 Å². The van der Waals surface area contributed by atoms with Crippen LogP contribution in [0.4, 0.5) is 5.69 Å². The number of hydrogen-bond acceptors (Lipinski definition) is 5. The zero-order valence-electron chi connectivity index (χ0n) is 12.2. The molecule has 2 amide bonds. The summed E-state index contributed by atoms with van der Waals surface area (Å²) in [5.41, 5.74) is 7.10. The maximum absolute atomic E-state index is 12.5. The third-order valence-corrected chi connectivity index (χ3v) is 4.36. The fraction of sp³-hybridized carbons (Fsp3) is 0.0625. The molecule has 2 N–H and O–H groups in total. The van der Waals surface area contributed by atoms with E-state index < -0.39 is 5.91 Å². The fourth-order valence-corrected chi connectivity index (χ4v) is 2.90. The minimum Gasteiger partial charge on any atom is -0.472 e. The van der Waals surface area contributed by atoms with E-state index in [4.69, 9.17) is 10.2 Å². The number of rotatable bonds is 4. The molecule has 0 spiro atoms. The highest BCUT2D eigenvalue weighted by molar-refractivity contribution is 7.17. The molecular formula is C16H13N3O3S. The third kappa shape index (κ3) is 3.00. The molecule has 3 aromatic rings. The number of benzene rings is 1. The summed E-state index contributed by atoms with van der Waals surface area (Å²) < 4.78 is 5.02. The predicted octanol–water partition coefficient (Wildman–Crippen LogP) is 2.78. The van der Waals surface area contributed by atoms with Gasteiger partial charge in [0.2, 0.25) is 5.91 Å². The van der Waals surface area contributed by atoms with Crippen molar-refractivity contribution in [2.24, 2.45) is 5.73 Å². The smallest absolute Gasteiger partial charge is 0.269 e. The van der Waals surface area contributed by atoms with E-state index >= 15 is 0 Å². The van der Waals surface area contributed by atoms with Crippen LogP contribution in [0.2, 0.25) is 0 Å². The van der Waals surface area contributed by atoms with Gasteiger partial charge in [0.1, 0.15) is 16.1 Å². The molecule has 0 bridgehead atoms. The lowest BCUT2D eigenvalue weighted by atomic mass is 10.2. The lowest BCUT2D eigenvalue weighted by molar-refractivity contribution is 0.0991. The van der Waals surface area contributed by atoms with Crippen molar-refractivity contribution in [3.63, 3.8) is 0 Å². The first-order valence-electron chi connectivity index (χ1n) is 6.72. The van der Waals surface area contributed by atoms with Crippen LogP contribution in [0.3, 0.4) is 0 Å². The number of carbonyl (C=O) groups is 2. The van der Waals surface area contributed by atoms with E-state index in [0.717, 1.165) is 10.6 Å². The molecule has 7 heteroatoms. The summed E-state index contributed by atoms with van der Waals surface area (Å²) >= 11 is 1.29. The Bertz CT molecular complexity index is 838. The standard InChI is InChI=1S/C16H13N3O3S/c1-19(12-4-2-10(3-5-12)14(17)20)16(21)13-8-18-15(23-13)11-6-7-22-9-11/h2-9H,1H3,(H2,17,20). The van der Waals surface area contributed by atoms with Gasteiger partial charge in [0, 0.05) is 23.9 Å². The minimum absolute atomic E-state index is 0.177. The summed E-state index contributed by atoms with van der Waals surface area (Å²) in [7, 11) is 1.67. The van der Waals surface area contributed by atoms with Gasteiger partial charge in [0.25, 0.3) is 5.91 Å². The van der Waals surface area contributed by atoms with Crippen molar-refractivity contribution < 1.29 is 14.0 Å². The van der Waals surface area contributed by atoms with Gasteiger partial charge in [-0.05, 0) is 30.3 Å². The van der Waals surface area contributed by atoms with Crippen LogP contribution in [0.5, 0.6) is 0 Å². The Hall–Kier alpha value is -2.93. The molecule has 0 saturated carbocycles.